The zero-order valence-electron chi connectivity index (χ0n) is 10.0. The van der Waals surface area contributed by atoms with E-state index in [0.29, 0.717) is 5.17 Å². The lowest BCUT2D eigenvalue weighted by Crippen LogP contribution is -2.35. The van der Waals surface area contributed by atoms with Crippen molar-refractivity contribution in [3.8, 4) is 0 Å². The molecule has 0 amide bonds. The summed E-state index contributed by atoms with van der Waals surface area (Å²) < 4.78 is 23.5. The highest BCUT2D eigenvalue weighted by Crippen LogP contribution is 2.23. The Balaban J connectivity index is 2.29. The van der Waals surface area contributed by atoms with Gasteiger partial charge in [-0.2, -0.15) is 5.10 Å². The second-order valence-electron chi connectivity index (χ2n) is 3.73. The molecule has 2 unspecified atom stereocenters. The number of nitrogens with one attached hydrogen (secondary N) is 1. The zero-order valence-corrected chi connectivity index (χ0v) is 12.4. The van der Waals surface area contributed by atoms with E-state index in [4.69, 9.17) is 11.6 Å². The lowest BCUT2D eigenvalue weighted by atomic mass is 10.4. The third-order valence-electron chi connectivity index (χ3n) is 2.48. The molecule has 1 heterocycles. The monoisotopic (exact) mass is 317 g/mol. The molecule has 0 aliphatic carbocycles. The van der Waals surface area contributed by atoms with Crippen LogP contribution in [0.2, 0.25) is 0 Å². The molecule has 0 saturated carbocycles. The molecule has 1 aliphatic rings. The highest BCUT2D eigenvalue weighted by atomic mass is 35.5. The van der Waals surface area contributed by atoms with Crippen LogP contribution >= 0.6 is 23.4 Å². The van der Waals surface area contributed by atoms with Crippen molar-refractivity contribution in [2.45, 2.75) is 15.6 Å². The predicted molar refractivity (Wildman–Crippen MR) is 79.6 cm³/mol. The van der Waals surface area contributed by atoms with Gasteiger partial charge < -0.3 is 0 Å². The first-order chi connectivity index (χ1) is 9.05. The fourth-order valence-electron chi connectivity index (χ4n) is 1.51. The van der Waals surface area contributed by atoms with Gasteiger partial charge in [-0.25, -0.2) is 13.4 Å². The number of hydrogen-bond acceptors (Lipinski definition) is 6. The van der Waals surface area contributed by atoms with Gasteiger partial charge in [0.2, 0.25) is 0 Å². The average molecular weight is 318 g/mol. The molecular weight excluding hydrogens is 306 g/mol. The van der Waals surface area contributed by atoms with Crippen molar-refractivity contribution in [3.05, 3.63) is 30.3 Å². The van der Waals surface area contributed by atoms with Gasteiger partial charge in [-0.15, -0.1) is 11.6 Å². The van der Waals surface area contributed by atoms with Gasteiger partial charge in [-0.3, -0.25) is 5.43 Å². The second kappa shape index (κ2) is 5.94. The van der Waals surface area contributed by atoms with Gasteiger partial charge in [0.15, 0.2) is 19.7 Å². The van der Waals surface area contributed by atoms with Crippen LogP contribution in [0, 0.1) is 0 Å². The quantitative estimate of drug-likeness (QED) is 0.861. The van der Waals surface area contributed by atoms with Crippen LogP contribution in [-0.4, -0.2) is 36.8 Å². The molecule has 0 spiro atoms. The van der Waals surface area contributed by atoms with Crippen LogP contribution in [-0.2, 0) is 9.84 Å². The van der Waals surface area contributed by atoms with E-state index in [0.717, 1.165) is 0 Å². The first-order valence-corrected chi connectivity index (χ1v) is 8.60. The molecule has 0 radical (unpaired) electrons. The van der Waals surface area contributed by atoms with Crippen molar-refractivity contribution in [3.63, 3.8) is 0 Å². The van der Waals surface area contributed by atoms with E-state index in [9.17, 15) is 8.42 Å². The van der Waals surface area contributed by atoms with Gasteiger partial charge in [-0.05, 0) is 18.4 Å². The third-order valence-corrected chi connectivity index (χ3v) is 5.83. The fraction of sp³-hybridized carbons (Fsp3) is 0.273. The number of benzene rings is 1. The number of rotatable bonds is 3. The molecule has 1 N–H and O–H groups in total. The van der Waals surface area contributed by atoms with Gasteiger partial charge in [-0.1, -0.05) is 30.0 Å². The Morgan fingerprint density at radius 1 is 1.37 bits per heavy atom. The van der Waals surface area contributed by atoms with Gasteiger partial charge in [0.25, 0.3) is 0 Å². The maximum absolute atomic E-state index is 12.3. The molecule has 1 aliphatic heterocycles. The van der Waals surface area contributed by atoms with E-state index in [1.165, 1.54) is 30.1 Å². The molecule has 0 saturated heterocycles. The maximum Gasteiger partial charge on any atom is 0.197 e. The summed E-state index contributed by atoms with van der Waals surface area (Å²) in [6.45, 7) is 0. The predicted octanol–water partition coefficient (Wildman–Crippen LogP) is 1.70. The van der Waals surface area contributed by atoms with Crippen molar-refractivity contribution in [1.29, 1.82) is 0 Å². The number of nitrogens with zero attached hydrogens (tertiary/aromatic N) is 2. The number of hydrazone groups is 1. The molecule has 8 heteroatoms. The lowest BCUT2D eigenvalue weighted by Gasteiger charge is -2.19. The maximum atomic E-state index is 12.3. The summed E-state index contributed by atoms with van der Waals surface area (Å²) in [6, 6.07) is 7.39. The highest BCUT2D eigenvalue weighted by Gasteiger charge is 2.33. The Kier molecular flexibility index (Phi) is 4.49. The number of sulfone groups is 1. The Labute approximate surface area is 121 Å². The van der Waals surface area contributed by atoms with Crippen molar-refractivity contribution < 1.29 is 8.42 Å². The summed E-state index contributed by atoms with van der Waals surface area (Å²) in [5.41, 5.74) is 2.67. The standard InChI is InChI=1S/C11H12ClN3O2S2/c1-18-11-14-9(7-13-15-11)10(12)19(16,17)8-5-3-2-4-6-8/h2-7,9-10H,1H3,(H,14,15). The molecule has 2 rings (SSSR count). The van der Waals surface area contributed by atoms with E-state index in [1.807, 2.05) is 6.26 Å². The number of hydrogen-bond donors (Lipinski definition) is 1. The minimum absolute atomic E-state index is 0.183. The smallest absolute Gasteiger partial charge is 0.197 e. The SMILES string of the molecule is CSC1=NC(C(Cl)S(=O)(=O)c2ccccc2)C=NN1. The number of alkyl halides is 1. The molecule has 1 aromatic rings. The molecule has 2 atom stereocenters. The normalized spacial score (nSPS) is 20.5. The largest absolute Gasteiger partial charge is 0.256 e. The molecule has 0 aromatic heterocycles. The van der Waals surface area contributed by atoms with Crippen LogP contribution in [0.4, 0.5) is 0 Å². The second-order valence-corrected chi connectivity index (χ2v) is 7.32. The van der Waals surface area contributed by atoms with Crippen molar-refractivity contribution >= 4 is 44.6 Å². The molecule has 1 aromatic carbocycles. The van der Waals surface area contributed by atoms with Crippen molar-refractivity contribution in [2.24, 2.45) is 10.1 Å². The molecule has 102 valence electrons. The van der Waals surface area contributed by atoms with Gasteiger partial charge in [0.05, 0.1) is 11.1 Å². The van der Waals surface area contributed by atoms with Gasteiger partial charge in [0, 0.05) is 0 Å². The fourth-order valence-corrected chi connectivity index (χ4v) is 3.61. The topological polar surface area (TPSA) is 70.9 Å². The van der Waals surface area contributed by atoms with Crippen LogP contribution in [0.3, 0.4) is 0 Å². The molecule has 0 fully saturated rings. The molecule has 0 bridgehead atoms. The summed E-state index contributed by atoms with van der Waals surface area (Å²) in [6.07, 6.45) is 3.22. The Morgan fingerprint density at radius 2 is 2.05 bits per heavy atom. The Morgan fingerprint density at radius 3 is 2.68 bits per heavy atom. The first kappa shape index (κ1) is 14.4. The van der Waals surface area contributed by atoms with Gasteiger partial charge in [0.1, 0.15) is 6.04 Å². The highest BCUT2D eigenvalue weighted by molar-refractivity contribution is 8.13. The average Bonchev–Trinajstić information content (AvgIpc) is 2.47. The van der Waals surface area contributed by atoms with Crippen LogP contribution in [0.1, 0.15) is 0 Å². The van der Waals surface area contributed by atoms with E-state index in [2.05, 4.69) is 15.5 Å². The molecular formula is C11H12ClN3O2S2. The van der Waals surface area contributed by atoms with E-state index < -0.39 is 20.6 Å². The summed E-state index contributed by atoms with van der Waals surface area (Å²) in [7, 11) is -3.64. The summed E-state index contributed by atoms with van der Waals surface area (Å²) in [5, 5.41) is 4.41. The van der Waals surface area contributed by atoms with Crippen molar-refractivity contribution in [1.82, 2.24) is 5.43 Å². The van der Waals surface area contributed by atoms with Crippen LogP contribution in [0.5, 0.6) is 0 Å². The summed E-state index contributed by atoms with van der Waals surface area (Å²) in [4.78, 5) is 4.38. The lowest BCUT2D eigenvalue weighted by molar-refractivity contribution is 0.589. The minimum Gasteiger partial charge on any atom is -0.256 e. The summed E-state index contributed by atoms with van der Waals surface area (Å²) in [5.74, 6) is 0. The van der Waals surface area contributed by atoms with Crippen LogP contribution in [0.25, 0.3) is 0 Å². The van der Waals surface area contributed by atoms with E-state index >= 15 is 0 Å². The van der Waals surface area contributed by atoms with E-state index in [1.54, 1.807) is 18.2 Å². The zero-order chi connectivity index (χ0) is 13.9. The Bertz CT molecular complexity index is 602. The number of aliphatic imine (C=N–C) groups is 1. The van der Waals surface area contributed by atoms with Crippen LogP contribution in [0.15, 0.2) is 45.3 Å². The first-order valence-electron chi connectivity index (χ1n) is 5.39. The number of thioether (sulfide) groups is 1. The Hall–Kier alpha value is -1.05. The summed E-state index contributed by atoms with van der Waals surface area (Å²) >= 11 is 7.43. The van der Waals surface area contributed by atoms with E-state index in [-0.39, 0.29) is 4.90 Å². The number of halogens is 1. The molecule has 19 heavy (non-hydrogen) atoms. The molecule has 5 nitrogen and oxygen atoms in total. The third kappa shape index (κ3) is 3.10. The van der Waals surface area contributed by atoms with Crippen molar-refractivity contribution in [2.75, 3.05) is 6.26 Å². The minimum atomic E-state index is -3.64. The van der Waals surface area contributed by atoms with Crippen LogP contribution < -0.4 is 5.43 Å². The van der Waals surface area contributed by atoms with Gasteiger partial charge >= 0.3 is 0 Å². The number of amidine groups is 1.